The molecule has 27 heavy (non-hydrogen) atoms. The summed E-state index contributed by atoms with van der Waals surface area (Å²) in [7, 11) is 3.67. The first-order valence-corrected chi connectivity index (χ1v) is 9.55. The van der Waals surface area contributed by atoms with Gasteiger partial charge in [0.05, 0.1) is 17.7 Å². The predicted molar refractivity (Wildman–Crippen MR) is 119 cm³/mol. The highest BCUT2D eigenvalue weighted by Crippen LogP contribution is 2.39. The summed E-state index contributed by atoms with van der Waals surface area (Å²) in [5.41, 5.74) is 1.74. The molecule has 0 saturated heterocycles. The molecular weight excluding hydrogens is 457 g/mol. The molecule has 8 heteroatoms. The lowest BCUT2D eigenvalue weighted by molar-refractivity contribution is -0.138. The fourth-order valence-corrected chi connectivity index (χ4v) is 3.70. The highest BCUT2D eigenvalue weighted by atomic mass is 127. The van der Waals surface area contributed by atoms with Crippen LogP contribution in [0.4, 0.5) is 0 Å². The smallest absolute Gasteiger partial charge is 0.230 e. The van der Waals surface area contributed by atoms with Gasteiger partial charge in [-0.25, -0.2) is 0 Å². The molecule has 0 aliphatic heterocycles. The van der Waals surface area contributed by atoms with Crippen LogP contribution >= 0.6 is 24.0 Å². The second-order valence-corrected chi connectivity index (χ2v) is 7.36. The van der Waals surface area contributed by atoms with E-state index in [1.54, 1.807) is 4.90 Å². The monoisotopic (exact) mass is 491 g/mol. The number of halogens is 1. The number of carbonyl (C=O) groups is 1. The molecule has 0 radical (unpaired) electrons. The fraction of sp³-hybridized carbons (Fsp3) is 0.737. The SMILES string of the molecule is CCNC(=NCC1(C(=O)N(C)C)CCCC1)NCCc1c(C)noc1C.I. The molecule has 1 fully saturated rings. The molecule has 1 aromatic rings. The molecule has 1 amide bonds. The van der Waals surface area contributed by atoms with Crippen LogP contribution in [0, 0.1) is 19.3 Å². The summed E-state index contributed by atoms with van der Waals surface area (Å²) < 4.78 is 5.21. The van der Waals surface area contributed by atoms with Crippen LogP contribution in [0.15, 0.2) is 9.52 Å². The summed E-state index contributed by atoms with van der Waals surface area (Å²) in [6.45, 7) is 7.99. The number of carbonyl (C=O) groups excluding carboxylic acids is 1. The third kappa shape index (κ3) is 6.08. The first-order chi connectivity index (χ1) is 12.4. The molecule has 0 unspecified atom stereocenters. The van der Waals surface area contributed by atoms with Crippen molar-refractivity contribution in [2.24, 2.45) is 10.4 Å². The number of aryl methyl sites for hydroxylation is 2. The Hall–Kier alpha value is -1.32. The van der Waals surface area contributed by atoms with E-state index in [-0.39, 0.29) is 35.3 Å². The minimum Gasteiger partial charge on any atom is -0.361 e. The molecule has 154 valence electrons. The molecule has 0 bridgehead atoms. The van der Waals surface area contributed by atoms with Gasteiger partial charge in [0.2, 0.25) is 5.91 Å². The summed E-state index contributed by atoms with van der Waals surface area (Å²) >= 11 is 0. The Kier molecular flexibility index (Phi) is 9.55. The standard InChI is InChI=1S/C19H33N5O2.HI/c1-6-20-18(21-12-9-16-14(2)23-26-15(16)3)22-13-19(10-7-8-11-19)17(25)24(4)5;/h6-13H2,1-5H3,(H2,20,21,22);1H. The molecular formula is C19H34IN5O2. The summed E-state index contributed by atoms with van der Waals surface area (Å²) in [5, 5.41) is 10.6. The maximum absolute atomic E-state index is 12.7. The van der Waals surface area contributed by atoms with Crippen molar-refractivity contribution in [1.82, 2.24) is 20.7 Å². The van der Waals surface area contributed by atoms with Gasteiger partial charge in [-0.1, -0.05) is 18.0 Å². The van der Waals surface area contributed by atoms with E-state index in [0.29, 0.717) is 6.54 Å². The van der Waals surface area contributed by atoms with E-state index in [4.69, 9.17) is 9.52 Å². The average Bonchev–Trinajstić information content (AvgIpc) is 3.21. The van der Waals surface area contributed by atoms with E-state index in [1.165, 1.54) is 0 Å². The van der Waals surface area contributed by atoms with Crippen LogP contribution < -0.4 is 10.6 Å². The third-order valence-corrected chi connectivity index (χ3v) is 5.15. The van der Waals surface area contributed by atoms with Crippen LogP contribution in [0.3, 0.4) is 0 Å². The molecule has 1 aromatic heterocycles. The fourth-order valence-electron chi connectivity index (χ4n) is 3.70. The van der Waals surface area contributed by atoms with Gasteiger partial charge in [0, 0.05) is 32.7 Å². The molecule has 1 saturated carbocycles. The number of nitrogens with zero attached hydrogens (tertiary/aromatic N) is 3. The number of aromatic nitrogens is 1. The lowest BCUT2D eigenvalue weighted by Gasteiger charge is -2.29. The minimum atomic E-state index is -0.340. The van der Waals surface area contributed by atoms with Crippen LogP contribution in [0.2, 0.25) is 0 Å². The van der Waals surface area contributed by atoms with Crippen molar-refractivity contribution in [3.63, 3.8) is 0 Å². The van der Waals surface area contributed by atoms with Crippen LogP contribution in [-0.4, -0.2) is 55.7 Å². The zero-order valence-corrected chi connectivity index (χ0v) is 19.6. The first-order valence-electron chi connectivity index (χ1n) is 9.55. The second-order valence-electron chi connectivity index (χ2n) is 7.36. The summed E-state index contributed by atoms with van der Waals surface area (Å²) in [6, 6.07) is 0. The molecule has 2 N–H and O–H groups in total. The highest BCUT2D eigenvalue weighted by Gasteiger charge is 2.42. The molecule has 1 aliphatic carbocycles. The number of hydrogen-bond donors (Lipinski definition) is 2. The zero-order valence-electron chi connectivity index (χ0n) is 17.2. The molecule has 2 rings (SSSR count). The van der Waals surface area contributed by atoms with E-state index < -0.39 is 0 Å². The third-order valence-electron chi connectivity index (χ3n) is 5.15. The van der Waals surface area contributed by atoms with Gasteiger partial charge in [0.25, 0.3) is 0 Å². The van der Waals surface area contributed by atoms with Gasteiger partial charge in [-0.05, 0) is 40.0 Å². The molecule has 0 aromatic carbocycles. The number of hydrogen-bond acceptors (Lipinski definition) is 4. The van der Waals surface area contributed by atoms with Crippen molar-refractivity contribution >= 4 is 35.8 Å². The topological polar surface area (TPSA) is 82.8 Å². The first kappa shape index (κ1) is 23.7. The van der Waals surface area contributed by atoms with Crippen molar-refractivity contribution in [1.29, 1.82) is 0 Å². The normalized spacial score (nSPS) is 16.0. The Morgan fingerprint density at radius 3 is 2.44 bits per heavy atom. The summed E-state index contributed by atoms with van der Waals surface area (Å²) in [6.07, 6.45) is 4.88. The van der Waals surface area contributed by atoms with Gasteiger partial charge in [-0.2, -0.15) is 0 Å². The van der Waals surface area contributed by atoms with Crippen molar-refractivity contribution in [3.8, 4) is 0 Å². The van der Waals surface area contributed by atoms with E-state index >= 15 is 0 Å². The molecule has 1 aliphatic rings. The van der Waals surface area contributed by atoms with Crippen LogP contribution in [0.1, 0.15) is 49.6 Å². The van der Waals surface area contributed by atoms with Crippen LogP contribution in [0.5, 0.6) is 0 Å². The van der Waals surface area contributed by atoms with Crippen molar-refractivity contribution in [2.45, 2.75) is 52.9 Å². The number of rotatable bonds is 7. The summed E-state index contributed by atoms with van der Waals surface area (Å²) in [4.78, 5) is 19.1. The maximum atomic E-state index is 12.7. The number of aliphatic imine (C=N–C) groups is 1. The van der Waals surface area contributed by atoms with E-state index in [0.717, 1.165) is 68.2 Å². The van der Waals surface area contributed by atoms with Gasteiger partial charge in [-0.3, -0.25) is 9.79 Å². The Balaban J connectivity index is 0.00000364. The van der Waals surface area contributed by atoms with Crippen LogP contribution in [-0.2, 0) is 11.2 Å². The van der Waals surface area contributed by atoms with Gasteiger partial charge < -0.3 is 20.1 Å². The predicted octanol–water partition coefficient (Wildman–Crippen LogP) is 2.66. The Labute approximate surface area is 179 Å². The maximum Gasteiger partial charge on any atom is 0.230 e. The van der Waals surface area contributed by atoms with Gasteiger partial charge in [0.15, 0.2) is 5.96 Å². The Morgan fingerprint density at radius 2 is 1.93 bits per heavy atom. The molecule has 7 nitrogen and oxygen atoms in total. The van der Waals surface area contributed by atoms with Crippen LogP contribution in [0.25, 0.3) is 0 Å². The lowest BCUT2D eigenvalue weighted by atomic mass is 9.85. The Bertz CT molecular complexity index is 617. The quantitative estimate of drug-likeness (QED) is 0.348. The highest BCUT2D eigenvalue weighted by molar-refractivity contribution is 14.0. The molecule has 0 atom stereocenters. The zero-order chi connectivity index (χ0) is 19.2. The van der Waals surface area contributed by atoms with E-state index in [2.05, 4.69) is 15.8 Å². The van der Waals surface area contributed by atoms with E-state index in [1.807, 2.05) is 34.9 Å². The van der Waals surface area contributed by atoms with Crippen molar-refractivity contribution in [3.05, 3.63) is 17.0 Å². The minimum absolute atomic E-state index is 0. The average molecular weight is 491 g/mol. The second kappa shape index (κ2) is 10.9. The molecule has 1 heterocycles. The lowest BCUT2D eigenvalue weighted by Crippen LogP contribution is -2.43. The van der Waals surface area contributed by atoms with Gasteiger partial charge in [-0.15, -0.1) is 24.0 Å². The van der Waals surface area contributed by atoms with Crippen molar-refractivity contribution in [2.75, 3.05) is 33.7 Å². The molecule has 0 spiro atoms. The number of nitrogens with one attached hydrogen (secondary N) is 2. The summed E-state index contributed by atoms with van der Waals surface area (Å²) in [5.74, 6) is 1.83. The number of amides is 1. The Morgan fingerprint density at radius 1 is 1.26 bits per heavy atom. The largest absolute Gasteiger partial charge is 0.361 e. The van der Waals surface area contributed by atoms with Gasteiger partial charge in [0.1, 0.15) is 5.76 Å². The van der Waals surface area contributed by atoms with E-state index in [9.17, 15) is 4.79 Å². The van der Waals surface area contributed by atoms with Crippen molar-refractivity contribution < 1.29 is 9.32 Å². The van der Waals surface area contributed by atoms with Gasteiger partial charge >= 0.3 is 0 Å². The number of guanidine groups is 1.